The molecule has 0 spiro atoms. The lowest BCUT2D eigenvalue weighted by molar-refractivity contribution is -0.125. The summed E-state index contributed by atoms with van der Waals surface area (Å²) in [6, 6.07) is 7.77. The number of anilines is 1. The molecule has 0 aliphatic carbocycles. The number of methoxy groups -OCH3 is 1. The summed E-state index contributed by atoms with van der Waals surface area (Å²) >= 11 is 6.44. The fourth-order valence-corrected chi connectivity index (χ4v) is 4.40. The molecule has 0 radical (unpaired) electrons. The predicted molar refractivity (Wildman–Crippen MR) is 135 cm³/mol. The first-order valence-electron chi connectivity index (χ1n) is 11.0. The number of hydrogen-bond donors (Lipinski definition) is 1. The molecule has 3 aromatic rings. The van der Waals surface area contributed by atoms with Crippen LogP contribution in [0.3, 0.4) is 0 Å². The van der Waals surface area contributed by atoms with Gasteiger partial charge in [-0.15, -0.1) is 0 Å². The first kappa shape index (κ1) is 25.4. The quantitative estimate of drug-likeness (QED) is 0.463. The Morgan fingerprint density at radius 3 is 2.54 bits per heavy atom. The highest BCUT2D eigenvalue weighted by molar-refractivity contribution is 7.17. The molecular weight excluding hydrogens is 495 g/mol. The summed E-state index contributed by atoms with van der Waals surface area (Å²) in [5.41, 5.74) is -0.768. The summed E-state index contributed by atoms with van der Waals surface area (Å²) in [5.74, 6) is 0.543. The number of piperidine rings is 1. The van der Waals surface area contributed by atoms with E-state index in [1.807, 2.05) is 0 Å². The largest absolute Gasteiger partial charge is 0.375 e. The lowest BCUT2D eigenvalue weighted by Crippen LogP contribution is -2.45. The molecule has 7 nitrogen and oxygen atoms in total. The van der Waals surface area contributed by atoms with Crippen molar-refractivity contribution in [3.05, 3.63) is 59.5 Å². The van der Waals surface area contributed by atoms with Gasteiger partial charge in [0.25, 0.3) is 5.66 Å². The van der Waals surface area contributed by atoms with Gasteiger partial charge in [0.05, 0.1) is 16.9 Å². The Kier molecular flexibility index (Phi) is 7.89. The van der Waals surface area contributed by atoms with Gasteiger partial charge in [-0.25, -0.2) is 4.98 Å². The van der Waals surface area contributed by atoms with Gasteiger partial charge in [-0.1, -0.05) is 45.1 Å². The van der Waals surface area contributed by atoms with Crippen LogP contribution in [0.5, 0.6) is 0 Å². The van der Waals surface area contributed by atoms with Gasteiger partial charge < -0.3 is 15.0 Å². The van der Waals surface area contributed by atoms with Gasteiger partial charge in [0.1, 0.15) is 18.1 Å². The maximum Gasteiger partial charge on any atom is 0.283 e. The van der Waals surface area contributed by atoms with Crippen molar-refractivity contribution in [2.24, 2.45) is 0 Å². The van der Waals surface area contributed by atoms with Gasteiger partial charge in [0.2, 0.25) is 5.91 Å². The van der Waals surface area contributed by atoms with Gasteiger partial charge in [0, 0.05) is 55.3 Å². The fourth-order valence-electron chi connectivity index (χ4n) is 4.00. The first-order valence-corrected chi connectivity index (χ1v) is 12.0. The van der Waals surface area contributed by atoms with E-state index in [4.69, 9.17) is 21.3 Å². The van der Waals surface area contributed by atoms with Crippen LogP contribution in [0.1, 0.15) is 18.4 Å². The fraction of sp³-hybridized carbons (Fsp3) is 0.333. The van der Waals surface area contributed by atoms with Gasteiger partial charge in [-0.3, -0.25) is 14.8 Å². The van der Waals surface area contributed by atoms with Crippen LogP contribution in [0, 0.1) is 0 Å². The molecule has 184 valence electrons. The van der Waals surface area contributed by atoms with Gasteiger partial charge in [0.15, 0.2) is 0 Å². The number of hydrogen-bond acceptors (Lipinski definition) is 6. The van der Waals surface area contributed by atoms with Gasteiger partial charge in [-0.2, -0.15) is 8.78 Å². The second kappa shape index (κ2) is 10.9. The van der Waals surface area contributed by atoms with E-state index in [2.05, 4.69) is 20.2 Å². The summed E-state index contributed by atoms with van der Waals surface area (Å²) in [7, 11) is 3.03. The third kappa shape index (κ3) is 6.10. The van der Waals surface area contributed by atoms with Crippen molar-refractivity contribution in [3.8, 4) is 22.5 Å². The molecular formula is C24H25ClF2N5O2P. The molecule has 3 heterocycles. The number of benzene rings is 1. The number of ether oxygens (including phenoxy) is 1. The Morgan fingerprint density at radius 1 is 1.20 bits per heavy atom. The Labute approximate surface area is 209 Å². The van der Waals surface area contributed by atoms with Crippen molar-refractivity contribution in [1.82, 2.24) is 20.3 Å². The minimum Gasteiger partial charge on any atom is -0.375 e. The van der Waals surface area contributed by atoms with Crippen LogP contribution in [-0.4, -0.2) is 53.7 Å². The average molecular weight is 520 g/mol. The number of aromatic nitrogens is 3. The summed E-state index contributed by atoms with van der Waals surface area (Å²) < 4.78 is 32.2. The first-order chi connectivity index (χ1) is 16.8. The third-order valence-electron chi connectivity index (χ3n) is 5.79. The molecule has 35 heavy (non-hydrogen) atoms. The Bertz CT molecular complexity index is 1190. The highest BCUT2D eigenvalue weighted by Gasteiger charge is 2.26. The van der Waals surface area contributed by atoms with Gasteiger partial charge >= 0.3 is 0 Å². The van der Waals surface area contributed by atoms with Crippen LogP contribution in [-0.2, 0) is 15.2 Å². The molecule has 1 unspecified atom stereocenters. The van der Waals surface area contributed by atoms with E-state index in [1.165, 1.54) is 25.4 Å². The zero-order valence-electron chi connectivity index (χ0n) is 19.0. The third-order valence-corrected chi connectivity index (χ3v) is 6.42. The molecule has 1 N–H and O–H groups in total. The summed E-state index contributed by atoms with van der Waals surface area (Å²) in [6.07, 6.45) is 6.34. The number of nitrogens with zero attached hydrogens (tertiary/aromatic N) is 4. The van der Waals surface area contributed by atoms with Crippen LogP contribution in [0.15, 0.2) is 48.9 Å². The highest BCUT2D eigenvalue weighted by atomic mass is 35.5. The highest BCUT2D eigenvalue weighted by Crippen LogP contribution is 2.38. The van der Waals surface area contributed by atoms with E-state index in [-0.39, 0.29) is 24.1 Å². The normalized spacial score (nSPS) is 14.7. The number of amides is 1. The number of pyridine rings is 1. The molecule has 1 atom stereocenters. The number of carbonyl (C=O) groups excluding carboxylic acids is 1. The molecule has 1 aromatic carbocycles. The maximum atomic E-state index is 13.7. The summed E-state index contributed by atoms with van der Waals surface area (Å²) in [6.45, 7) is 1.42. The van der Waals surface area contributed by atoms with Crippen molar-refractivity contribution >= 4 is 32.6 Å². The molecule has 0 bridgehead atoms. The van der Waals surface area contributed by atoms with Crippen molar-refractivity contribution < 1.29 is 18.3 Å². The van der Waals surface area contributed by atoms with E-state index in [1.54, 1.807) is 39.8 Å². The van der Waals surface area contributed by atoms with Crippen LogP contribution in [0.2, 0.25) is 5.02 Å². The van der Waals surface area contributed by atoms with Crippen molar-refractivity contribution in [2.45, 2.75) is 24.5 Å². The van der Waals surface area contributed by atoms with E-state index in [0.717, 1.165) is 12.8 Å². The lowest BCUT2D eigenvalue weighted by Gasteiger charge is -2.33. The number of rotatable bonds is 7. The average Bonchev–Trinajstić information content (AvgIpc) is 2.84. The van der Waals surface area contributed by atoms with Crippen molar-refractivity contribution in [2.75, 3.05) is 31.7 Å². The number of halogens is 3. The molecule has 1 aliphatic heterocycles. The molecule has 1 fully saturated rings. The van der Waals surface area contributed by atoms with E-state index >= 15 is 0 Å². The molecule has 1 amide bonds. The summed E-state index contributed by atoms with van der Waals surface area (Å²) in [5, 5.41) is 3.39. The minimum absolute atomic E-state index is 0.0406. The predicted octanol–water partition coefficient (Wildman–Crippen LogP) is 4.51. The smallest absolute Gasteiger partial charge is 0.283 e. The number of alkyl halides is 2. The number of carbonyl (C=O) groups is 1. The Morgan fingerprint density at radius 2 is 1.91 bits per heavy atom. The van der Waals surface area contributed by atoms with E-state index in [9.17, 15) is 13.6 Å². The maximum absolute atomic E-state index is 13.7. The van der Waals surface area contributed by atoms with Crippen molar-refractivity contribution in [1.29, 1.82) is 0 Å². The number of nitrogens with one attached hydrogen (secondary N) is 1. The molecule has 1 aliphatic rings. The molecule has 2 aromatic heterocycles. The topological polar surface area (TPSA) is 80.2 Å². The SMILES string of the molecule is COCC(=O)NC1CCN(c2cnc(-c3ccc(C(F)(F)P)cc3)c(-c3ccncc3Cl)n2)CC1. The molecule has 11 heteroatoms. The van der Waals surface area contributed by atoms with Crippen molar-refractivity contribution in [3.63, 3.8) is 0 Å². The zero-order chi connectivity index (χ0) is 25.0. The zero-order valence-corrected chi connectivity index (χ0v) is 21.0. The summed E-state index contributed by atoms with van der Waals surface area (Å²) in [4.78, 5) is 27.5. The molecule has 4 rings (SSSR count). The van der Waals surface area contributed by atoms with Crippen LogP contribution >= 0.6 is 20.8 Å². The van der Waals surface area contributed by atoms with E-state index in [0.29, 0.717) is 46.4 Å². The lowest BCUT2D eigenvalue weighted by atomic mass is 10.0. The Hall–Kier alpha value is -2.74. The van der Waals surface area contributed by atoms with E-state index < -0.39 is 5.66 Å². The van der Waals surface area contributed by atoms with Crippen LogP contribution in [0.4, 0.5) is 14.6 Å². The minimum atomic E-state index is -3.01. The standard InChI is InChI=1S/C24H25ClF2N5O2P/c1-34-14-21(33)30-17-7-10-32(11-8-17)20-13-29-22(15-2-4-16(5-3-15)24(26,27)35)23(31-20)18-6-9-28-12-19(18)25/h2-6,9,12-13,17H,7-8,10-11,14,35H2,1H3,(H,30,33). The molecule has 0 saturated carbocycles. The second-order valence-electron chi connectivity index (χ2n) is 8.24. The molecule has 1 saturated heterocycles. The second-order valence-corrected chi connectivity index (χ2v) is 9.38. The van der Waals surface area contributed by atoms with Crippen LogP contribution in [0.25, 0.3) is 22.5 Å². The monoisotopic (exact) mass is 519 g/mol. The van der Waals surface area contributed by atoms with Gasteiger partial charge in [-0.05, 0) is 18.9 Å². The Balaban J connectivity index is 1.63. The van der Waals surface area contributed by atoms with Crippen LogP contribution < -0.4 is 10.2 Å².